The third kappa shape index (κ3) is 13.7. The Labute approximate surface area is 118 Å². The predicted octanol–water partition coefficient (Wildman–Crippen LogP) is 2.61. The number of rotatable bonds is 2. The Hall–Kier alpha value is -0.340. The van der Waals surface area contributed by atoms with Crippen molar-refractivity contribution in [3.05, 3.63) is 0 Å². The smallest absolute Gasteiger partial charge is 0.314 e. The molecule has 0 saturated carbocycles. The zero-order valence-corrected chi connectivity index (χ0v) is 13.9. The van der Waals surface area contributed by atoms with E-state index in [0.29, 0.717) is 5.92 Å². The molecule has 18 heavy (non-hydrogen) atoms. The molecular formula is C13H36N3OP. The van der Waals surface area contributed by atoms with E-state index in [1.807, 2.05) is 27.7 Å². The second-order valence-corrected chi connectivity index (χ2v) is 3.38. The van der Waals surface area contributed by atoms with Crippen LogP contribution in [-0.4, -0.2) is 44.7 Å². The van der Waals surface area contributed by atoms with Gasteiger partial charge in [0.25, 0.3) is 0 Å². The maximum Gasteiger partial charge on any atom is 0.314 e. The van der Waals surface area contributed by atoms with Crippen molar-refractivity contribution in [2.45, 2.75) is 41.5 Å². The highest BCUT2D eigenvalue weighted by molar-refractivity contribution is 6.92. The Morgan fingerprint density at radius 3 is 2.11 bits per heavy atom. The van der Waals surface area contributed by atoms with Gasteiger partial charge in [-0.2, -0.15) is 9.90 Å². The molecule has 0 aliphatic carbocycles. The van der Waals surface area contributed by atoms with Crippen LogP contribution in [0.15, 0.2) is 0 Å². The van der Waals surface area contributed by atoms with E-state index in [1.165, 1.54) is 6.42 Å². The second-order valence-electron chi connectivity index (χ2n) is 3.38. The fourth-order valence-electron chi connectivity index (χ4n) is 1.52. The van der Waals surface area contributed by atoms with Crippen LogP contribution in [-0.2, 0) is 0 Å². The number of carbonyl (C=O) groups excluding carboxylic acids is 1. The standard InChI is InChI=1S/C8H17N3O.2C2H6.CH4.H3P/c1-9-8(12)10-5-7-3-4-11(2)6-7;2*1-2;;/h7H,3-6H2,1-2H3,(H2,9,10,12);2*1-2H3;1H4;1H3. The van der Waals surface area contributed by atoms with Gasteiger partial charge in [-0.15, -0.1) is 0 Å². The van der Waals surface area contributed by atoms with Crippen molar-refractivity contribution in [1.82, 2.24) is 15.5 Å². The average Bonchev–Trinajstić information content (AvgIpc) is 2.77. The fourth-order valence-corrected chi connectivity index (χ4v) is 1.52. The van der Waals surface area contributed by atoms with Crippen LogP contribution in [0.4, 0.5) is 4.79 Å². The highest BCUT2D eigenvalue weighted by Gasteiger charge is 2.19. The molecule has 1 aliphatic heterocycles. The minimum atomic E-state index is -0.0791. The molecule has 0 bridgehead atoms. The van der Waals surface area contributed by atoms with Gasteiger partial charge in [0.05, 0.1) is 0 Å². The third-order valence-corrected chi connectivity index (χ3v) is 2.27. The molecule has 4 nitrogen and oxygen atoms in total. The van der Waals surface area contributed by atoms with Crippen LogP contribution in [0.3, 0.4) is 0 Å². The number of amides is 2. The molecule has 1 aliphatic rings. The van der Waals surface area contributed by atoms with E-state index in [1.54, 1.807) is 7.05 Å². The molecule has 2 N–H and O–H groups in total. The number of nitrogens with one attached hydrogen (secondary N) is 2. The summed E-state index contributed by atoms with van der Waals surface area (Å²) >= 11 is 0. The Bertz CT molecular complexity index is 168. The minimum absolute atomic E-state index is 0. The number of hydrogen-bond donors (Lipinski definition) is 2. The summed E-state index contributed by atoms with van der Waals surface area (Å²) in [6, 6.07) is -0.0791. The third-order valence-electron chi connectivity index (χ3n) is 2.27. The highest BCUT2D eigenvalue weighted by Crippen LogP contribution is 2.12. The zero-order valence-electron chi connectivity index (χ0n) is 12.5. The molecule has 2 amide bonds. The zero-order chi connectivity index (χ0) is 13.0. The first-order chi connectivity index (χ1) is 7.72. The largest absolute Gasteiger partial charge is 0.341 e. The SMILES string of the molecule is C.CC.CC.CNC(=O)NCC1CCN(C)C1.P. The monoisotopic (exact) mass is 281 g/mol. The van der Waals surface area contributed by atoms with Crippen molar-refractivity contribution in [3.8, 4) is 0 Å². The van der Waals surface area contributed by atoms with Gasteiger partial charge in [0.2, 0.25) is 0 Å². The van der Waals surface area contributed by atoms with E-state index in [2.05, 4.69) is 22.6 Å². The second kappa shape index (κ2) is 19.0. The lowest BCUT2D eigenvalue weighted by Crippen LogP contribution is -2.36. The highest BCUT2D eigenvalue weighted by atomic mass is 31.0. The van der Waals surface area contributed by atoms with Gasteiger partial charge in [-0.25, -0.2) is 4.79 Å². The Balaban J connectivity index is -0.000000149. The van der Waals surface area contributed by atoms with Crippen LogP contribution in [0.2, 0.25) is 0 Å². The summed E-state index contributed by atoms with van der Waals surface area (Å²) in [7, 11) is 3.75. The first-order valence-electron chi connectivity index (χ1n) is 6.36. The van der Waals surface area contributed by atoms with Crippen LogP contribution >= 0.6 is 9.90 Å². The van der Waals surface area contributed by atoms with Gasteiger partial charge in [-0.05, 0) is 25.9 Å². The van der Waals surface area contributed by atoms with Crippen molar-refractivity contribution in [2.75, 3.05) is 33.7 Å². The number of urea groups is 1. The molecule has 5 heteroatoms. The molecule has 0 spiro atoms. The van der Waals surface area contributed by atoms with Crippen LogP contribution in [0.5, 0.6) is 0 Å². The van der Waals surface area contributed by atoms with Gasteiger partial charge < -0.3 is 15.5 Å². The van der Waals surface area contributed by atoms with Crippen molar-refractivity contribution in [3.63, 3.8) is 0 Å². The van der Waals surface area contributed by atoms with Crippen molar-refractivity contribution >= 4 is 15.9 Å². The fraction of sp³-hybridized carbons (Fsp3) is 0.923. The number of likely N-dealkylation sites (tertiary alicyclic amines) is 1. The molecule has 1 rings (SSSR count). The van der Waals surface area contributed by atoms with Crippen LogP contribution in [0.1, 0.15) is 41.5 Å². The van der Waals surface area contributed by atoms with Crippen molar-refractivity contribution in [2.24, 2.45) is 5.92 Å². The van der Waals surface area contributed by atoms with E-state index in [4.69, 9.17) is 0 Å². The van der Waals surface area contributed by atoms with Gasteiger partial charge in [-0.1, -0.05) is 35.1 Å². The summed E-state index contributed by atoms with van der Waals surface area (Å²) in [6.07, 6.45) is 1.19. The Kier molecular flexibility index (Phi) is 27.7. The molecule has 1 saturated heterocycles. The normalized spacial score (nSPS) is 16.7. The quantitative estimate of drug-likeness (QED) is 0.764. The van der Waals surface area contributed by atoms with Crippen molar-refractivity contribution in [1.29, 1.82) is 0 Å². The molecule has 0 radical (unpaired) electrons. The first-order valence-corrected chi connectivity index (χ1v) is 6.36. The first kappa shape index (κ1) is 26.3. The lowest BCUT2D eigenvalue weighted by atomic mass is 10.1. The van der Waals surface area contributed by atoms with E-state index >= 15 is 0 Å². The van der Waals surface area contributed by atoms with Gasteiger partial charge in [-0.3, -0.25) is 0 Å². The van der Waals surface area contributed by atoms with Gasteiger partial charge in [0.1, 0.15) is 0 Å². The Morgan fingerprint density at radius 1 is 1.28 bits per heavy atom. The van der Waals surface area contributed by atoms with E-state index < -0.39 is 0 Å². The molecule has 2 atom stereocenters. The average molecular weight is 281 g/mol. The van der Waals surface area contributed by atoms with Gasteiger partial charge >= 0.3 is 6.03 Å². The number of carbonyl (C=O) groups is 1. The topological polar surface area (TPSA) is 44.4 Å². The summed E-state index contributed by atoms with van der Waals surface area (Å²) in [5, 5.41) is 5.35. The molecule has 114 valence electrons. The summed E-state index contributed by atoms with van der Waals surface area (Å²) in [4.78, 5) is 13.1. The Morgan fingerprint density at radius 2 is 1.78 bits per heavy atom. The van der Waals surface area contributed by atoms with Crippen LogP contribution in [0.25, 0.3) is 0 Å². The molecule has 2 unspecified atom stereocenters. The summed E-state index contributed by atoms with van der Waals surface area (Å²) in [5.41, 5.74) is 0. The molecule has 0 aromatic carbocycles. The summed E-state index contributed by atoms with van der Waals surface area (Å²) in [6.45, 7) is 11.0. The van der Waals surface area contributed by atoms with Gasteiger partial charge in [0, 0.05) is 20.1 Å². The van der Waals surface area contributed by atoms with E-state index in [9.17, 15) is 4.79 Å². The lowest BCUT2D eigenvalue weighted by molar-refractivity contribution is 0.241. The summed E-state index contributed by atoms with van der Waals surface area (Å²) < 4.78 is 0. The summed E-state index contributed by atoms with van der Waals surface area (Å²) in [5.74, 6) is 0.632. The van der Waals surface area contributed by atoms with E-state index in [-0.39, 0.29) is 23.4 Å². The maximum absolute atomic E-state index is 10.8. The minimum Gasteiger partial charge on any atom is -0.341 e. The maximum atomic E-state index is 10.8. The van der Waals surface area contributed by atoms with Crippen LogP contribution < -0.4 is 10.6 Å². The lowest BCUT2D eigenvalue weighted by Gasteiger charge is -2.10. The molecule has 1 heterocycles. The number of hydrogen-bond acceptors (Lipinski definition) is 2. The predicted molar refractivity (Wildman–Crippen MR) is 88.6 cm³/mol. The van der Waals surface area contributed by atoms with Crippen molar-refractivity contribution < 1.29 is 4.79 Å². The molecular weight excluding hydrogens is 245 g/mol. The molecule has 0 aromatic rings. The van der Waals surface area contributed by atoms with Gasteiger partial charge in [0.15, 0.2) is 0 Å². The molecule has 1 fully saturated rings. The van der Waals surface area contributed by atoms with E-state index in [0.717, 1.165) is 19.6 Å². The number of nitrogens with zero attached hydrogens (tertiary/aromatic N) is 1. The van der Waals surface area contributed by atoms with Crippen LogP contribution in [0, 0.1) is 5.92 Å². The molecule has 0 aromatic heterocycles.